The van der Waals surface area contributed by atoms with Crippen molar-refractivity contribution in [2.75, 3.05) is 32.8 Å². The first-order valence-electron chi connectivity index (χ1n) is 8.64. The molecule has 134 valence electrons. The molecule has 1 fully saturated rings. The number of hydrogen-bond donors (Lipinski definition) is 2. The second-order valence-electron chi connectivity index (χ2n) is 6.28. The van der Waals surface area contributed by atoms with E-state index in [-0.39, 0.29) is 5.75 Å². The molecule has 0 aromatic heterocycles. The zero-order chi connectivity index (χ0) is 17.7. The van der Waals surface area contributed by atoms with Crippen LogP contribution in [0.25, 0.3) is 0 Å². The van der Waals surface area contributed by atoms with Crippen LogP contribution < -0.4 is 4.74 Å². The summed E-state index contributed by atoms with van der Waals surface area (Å²) in [6.45, 7) is 9.88. The predicted molar refractivity (Wildman–Crippen MR) is 92.6 cm³/mol. The molecule has 2 N–H and O–H groups in total. The molecule has 2 rings (SSSR count). The second kappa shape index (κ2) is 8.35. The highest BCUT2D eigenvalue weighted by Crippen LogP contribution is 2.32. The molecule has 0 amide bonds. The van der Waals surface area contributed by atoms with Gasteiger partial charge in [-0.05, 0) is 44.5 Å². The molecule has 0 radical (unpaired) electrons. The van der Waals surface area contributed by atoms with Crippen LogP contribution in [0.2, 0.25) is 0 Å². The van der Waals surface area contributed by atoms with Crippen molar-refractivity contribution in [1.82, 2.24) is 9.80 Å². The monoisotopic (exact) mass is 336 g/mol. The molecule has 1 aromatic rings. The Hall–Kier alpha value is -1.79. The molecule has 0 spiro atoms. The number of ether oxygens (including phenoxy) is 1. The number of carboxylic acid groups (broad SMARTS) is 1. The summed E-state index contributed by atoms with van der Waals surface area (Å²) in [5.74, 6) is -0.510. The van der Waals surface area contributed by atoms with Gasteiger partial charge in [0.2, 0.25) is 0 Å². The quantitative estimate of drug-likeness (QED) is 0.796. The molecule has 1 aromatic carbocycles. The van der Waals surface area contributed by atoms with E-state index in [2.05, 4.69) is 18.7 Å². The Bertz CT molecular complexity index is 564. The van der Waals surface area contributed by atoms with E-state index in [9.17, 15) is 15.0 Å². The third-order valence-electron chi connectivity index (χ3n) is 4.51. The maximum atomic E-state index is 11.9. The van der Waals surface area contributed by atoms with Gasteiger partial charge in [-0.15, -0.1) is 0 Å². The normalized spacial score (nSPS) is 20.7. The summed E-state index contributed by atoms with van der Waals surface area (Å²) >= 11 is 0. The molecule has 1 aliphatic heterocycles. The van der Waals surface area contributed by atoms with Crippen LogP contribution in [0.3, 0.4) is 0 Å². The highest BCUT2D eigenvalue weighted by Gasteiger charge is 2.33. The van der Waals surface area contributed by atoms with Crippen LogP contribution in [-0.4, -0.2) is 64.8 Å². The molecule has 1 saturated heterocycles. The number of carbonyl (C=O) groups is 1. The molecule has 0 bridgehead atoms. The number of hydrogen-bond acceptors (Lipinski definition) is 5. The molecule has 1 aliphatic rings. The summed E-state index contributed by atoms with van der Waals surface area (Å²) in [5.41, 5.74) is 0.639. The van der Waals surface area contributed by atoms with Crippen LogP contribution in [0, 0.1) is 0 Å². The Morgan fingerprint density at radius 3 is 2.71 bits per heavy atom. The maximum absolute atomic E-state index is 11.9. The average molecular weight is 336 g/mol. The van der Waals surface area contributed by atoms with Gasteiger partial charge in [0.05, 0.1) is 6.61 Å². The van der Waals surface area contributed by atoms with Gasteiger partial charge in [0.1, 0.15) is 6.04 Å². The van der Waals surface area contributed by atoms with Crippen molar-refractivity contribution in [3.63, 3.8) is 0 Å². The molecule has 2 atom stereocenters. The average Bonchev–Trinajstić information content (AvgIpc) is 2.53. The third-order valence-corrected chi connectivity index (χ3v) is 4.51. The molecule has 2 unspecified atom stereocenters. The van der Waals surface area contributed by atoms with E-state index < -0.39 is 12.0 Å². The fourth-order valence-corrected chi connectivity index (χ4v) is 3.36. The molecule has 6 nitrogen and oxygen atoms in total. The van der Waals surface area contributed by atoms with Crippen molar-refractivity contribution < 1.29 is 19.7 Å². The van der Waals surface area contributed by atoms with Gasteiger partial charge >= 0.3 is 5.97 Å². The van der Waals surface area contributed by atoms with Gasteiger partial charge in [0.15, 0.2) is 11.5 Å². The first-order chi connectivity index (χ1) is 11.5. The summed E-state index contributed by atoms with van der Waals surface area (Å²) in [5, 5.41) is 19.6. The zero-order valence-electron chi connectivity index (χ0n) is 14.7. The zero-order valence-corrected chi connectivity index (χ0v) is 14.7. The highest BCUT2D eigenvalue weighted by molar-refractivity contribution is 5.76. The van der Waals surface area contributed by atoms with E-state index in [1.807, 2.05) is 11.8 Å². The molecular weight excluding hydrogens is 308 g/mol. The van der Waals surface area contributed by atoms with Gasteiger partial charge in [0, 0.05) is 25.7 Å². The van der Waals surface area contributed by atoms with E-state index in [0.717, 1.165) is 19.5 Å². The topological polar surface area (TPSA) is 73.2 Å². The van der Waals surface area contributed by atoms with Crippen molar-refractivity contribution in [2.24, 2.45) is 0 Å². The second-order valence-corrected chi connectivity index (χ2v) is 6.28. The van der Waals surface area contributed by atoms with Gasteiger partial charge in [-0.3, -0.25) is 14.6 Å². The first kappa shape index (κ1) is 18.5. The minimum absolute atomic E-state index is 0.0332. The minimum Gasteiger partial charge on any atom is -0.504 e. The van der Waals surface area contributed by atoms with Gasteiger partial charge in [-0.25, -0.2) is 0 Å². The van der Waals surface area contributed by atoms with Crippen LogP contribution in [0.5, 0.6) is 11.5 Å². The van der Waals surface area contributed by atoms with E-state index in [4.69, 9.17) is 4.74 Å². The Morgan fingerprint density at radius 2 is 2.12 bits per heavy atom. The van der Waals surface area contributed by atoms with Gasteiger partial charge in [-0.2, -0.15) is 0 Å². The minimum atomic E-state index is -0.876. The van der Waals surface area contributed by atoms with E-state index in [1.54, 1.807) is 12.1 Å². The van der Waals surface area contributed by atoms with Crippen LogP contribution in [0.4, 0.5) is 0 Å². The predicted octanol–water partition coefficient (Wildman–Crippen LogP) is 2.33. The molecule has 24 heavy (non-hydrogen) atoms. The lowest BCUT2D eigenvalue weighted by atomic mass is 10.0. The molecule has 0 saturated carbocycles. The van der Waals surface area contributed by atoms with Crippen LogP contribution in [0.15, 0.2) is 18.2 Å². The summed E-state index contributed by atoms with van der Waals surface area (Å²) in [7, 11) is 0. The van der Waals surface area contributed by atoms with Gasteiger partial charge < -0.3 is 14.9 Å². The van der Waals surface area contributed by atoms with E-state index in [1.165, 1.54) is 6.07 Å². The highest BCUT2D eigenvalue weighted by atomic mass is 16.5. The Balaban J connectivity index is 2.21. The van der Waals surface area contributed by atoms with E-state index >= 15 is 0 Å². The number of nitrogens with zero attached hydrogens (tertiary/aromatic N) is 2. The number of aromatic hydroxyl groups is 1. The number of aliphatic carboxylic acids is 1. The number of benzene rings is 1. The SMILES string of the molecule is CCCN1CCN(C(C(=O)O)c2ccc(O)c(OCC)c2)CC1C. The Kier molecular flexibility index (Phi) is 6.45. The van der Waals surface area contributed by atoms with Crippen molar-refractivity contribution in [3.8, 4) is 11.5 Å². The lowest BCUT2D eigenvalue weighted by Gasteiger charge is -2.42. The van der Waals surface area contributed by atoms with Crippen molar-refractivity contribution >= 4 is 5.97 Å². The molecule has 1 heterocycles. The summed E-state index contributed by atoms with van der Waals surface area (Å²) in [4.78, 5) is 16.3. The summed E-state index contributed by atoms with van der Waals surface area (Å²) in [6, 6.07) is 4.41. The van der Waals surface area contributed by atoms with Crippen molar-refractivity contribution in [3.05, 3.63) is 23.8 Å². The molecule has 0 aliphatic carbocycles. The number of phenolic OH excluding ortho intramolecular Hbond substituents is 1. The third kappa shape index (κ3) is 4.19. The number of phenols is 1. The fraction of sp³-hybridized carbons (Fsp3) is 0.611. The Morgan fingerprint density at radius 1 is 1.38 bits per heavy atom. The van der Waals surface area contributed by atoms with Gasteiger partial charge in [0.25, 0.3) is 0 Å². The first-order valence-corrected chi connectivity index (χ1v) is 8.64. The van der Waals surface area contributed by atoms with Crippen LogP contribution in [0.1, 0.15) is 38.8 Å². The molecule has 6 heteroatoms. The van der Waals surface area contributed by atoms with Gasteiger partial charge in [-0.1, -0.05) is 13.0 Å². The molecular formula is C18H28N2O4. The van der Waals surface area contributed by atoms with E-state index in [0.29, 0.717) is 37.1 Å². The lowest BCUT2D eigenvalue weighted by molar-refractivity contribution is -0.144. The van der Waals surface area contributed by atoms with Crippen molar-refractivity contribution in [2.45, 2.75) is 39.3 Å². The maximum Gasteiger partial charge on any atom is 0.325 e. The fourth-order valence-electron chi connectivity index (χ4n) is 3.36. The van der Waals surface area contributed by atoms with Crippen molar-refractivity contribution in [1.29, 1.82) is 0 Å². The number of piperazine rings is 1. The smallest absolute Gasteiger partial charge is 0.325 e. The van der Waals surface area contributed by atoms with Crippen LogP contribution >= 0.6 is 0 Å². The Labute approximate surface area is 143 Å². The lowest BCUT2D eigenvalue weighted by Crippen LogP contribution is -2.53. The standard InChI is InChI=1S/C18H28N2O4/c1-4-8-19-9-10-20(12-13(19)3)17(18(22)23)14-6-7-15(21)16(11-14)24-5-2/h6-7,11,13,17,21H,4-5,8-10,12H2,1-3H3,(H,22,23). The number of carboxylic acids is 1. The summed E-state index contributed by atoms with van der Waals surface area (Å²) < 4.78 is 5.39. The largest absolute Gasteiger partial charge is 0.504 e. The summed E-state index contributed by atoms with van der Waals surface area (Å²) in [6.07, 6.45) is 1.10. The number of rotatable bonds is 7. The van der Waals surface area contributed by atoms with Crippen LogP contribution in [-0.2, 0) is 4.79 Å².